The molecule has 0 saturated heterocycles. The van der Waals surface area contributed by atoms with Crippen molar-refractivity contribution in [2.75, 3.05) is 20.2 Å². The molecule has 0 aliphatic heterocycles. The fraction of sp³-hybridized carbons (Fsp3) is 0.929. The number of hydrogen-bond donors (Lipinski definition) is 2. The van der Waals surface area contributed by atoms with Gasteiger partial charge in [-0.1, -0.05) is 19.3 Å². The van der Waals surface area contributed by atoms with Crippen LogP contribution >= 0.6 is 0 Å². The predicted molar refractivity (Wildman–Crippen MR) is 71.4 cm³/mol. The third kappa shape index (κ3) is 2.54. The van der Waals surface area contributed by atoms with Crippen LogP contribution in [0, 0.1) is 5.41 Å². The molecule has 104 valence electrons. The van der Waals surface area contributed by atoms with Crippen LogP contribution in [0.4, 0.5) is 0 Å². The minimum absolute atomic E-state index is 0.113. The van der Waals surface area contributed by atoms with E-state index < -0.39 is 0 Å². The molecule has 0 bridgehead atoms. The zero-order chi connectivity index (χ0) is 13.0. The molecular weight excluding hydrogens is 228 g/mol. The van der Waals surface area contributed by atoms with Crippen molar-refractivity contribution in [3.8, 4) is 0 Å². The van der Waals surface area contributed by atoms with Gasteiger partial charge in [-0.3, -0.25) is 4.79 Å². The van der Waals surface area contributed by atoms with Crippen molar-refractivity contribution in [1.29, 1.82) is 0 Å². The van der Waals surface area contributed by atoms with Crippen molar-refractivity contribution in [3.63, 3.8) is 0 Å². The number of carbonyl (C=O) groups excluding carboxylic acids is 1. The molecule has 2 rings (SSSR count). The summed E-state index contributed by atoms with van der Waals surface area (Å²) in [6.45, 7) is 3.25. The normalized spacial score (nSPS) is 29.9. The molecule has 0 aromatic heterocycles. The average Bonchev–Trinajstić information content (AvgIpc) is 2.39. The molecule has 4 nitrogen and oxygen atoms in total. The molecule has 1 amide bonds. The van der Waals surface area contributed by atoms with E-state index in [9.17, 15) is 4.79 Å². The van der Waals surface area contributed by atoms with Crippen LogP contribution in [0.2, 0.25) is 0 Å². The van der Waals surface area contributed by atoms with Gasteiger partial charge in [0.15, 0.2) is 0 Å². The summed E-state index contributed by atoms with van der Waals surface area (Å²) in [5, 5.41) is 6.09. The smallest absolute Gasteiger partial charge is 0.234 e. The van der Waals surface area contributed by atoms with Crippen LogP contribution in [0.5, 0.6) is 0 Å². The molecule has 2 aliphatic rings. The van der Waals surface area contributed by atoms with E-state index in [1.165, 1.54) is 32.1 Å². The van der Waals surface area contributed by atoms with Crippen molar-refractivity contribution in [1.82, 2.24) is 10.6 Å². The van der Waals surface area contributed by atoms with Crippen molar-refractivity contribution < 1.29 is 9.53 Å². The minimum Gasteiger partial charge on any atom is -0.378 e. The fourth-order valence-electron chi connectivity index (χ4n) is 3.67. The Morgan fingerprint density at radius 2 is 2.06 bits per heavy atom. The van der Waals surface area contributed by atoms with Gasteiger partial charge in [0.05, 0.1) is 12.6 Å². The Hall–Kier alpha value is -0.610. The highest BCUT2D eigenvalue weighted by Crippen LogP contribution is 2.53. The Morgan fingerprint density at radius 3 is 2.67 bits per heavy atom. The molecule has 2 fully saturated rings. The third-order valence-corrected chi connectivity index (χ3v) is 4.61. The predicted octanol–water partition coefficient (Wildman–Crippen LogP) is 1.45. The monoisotopic (exact) mass is 254 g/mol. The molecule has 2 atom stereocenters. The van der Waals surface area contributed by atoms with Crippen molar-refractivity contribution in [3.05, 3.63) is 0 Å². The molecule has 4 heteroatoms. The SMILES string of the molecule is CCOC1CC(NC(=O)CNC)C12CCCCC2. The maximum atomic E-state index is 11.7. The first-order valence-electron chi connectivity index (χ1n) is 7.28. The molecule has 0 heterocycles. The summed E-state index contributed by atoms with van der Waals surface area (Å²) in [6.07, 6.45) is 7.66. The second-order valence-corrected chi connectivity index (χ2v) is 5.62. The standard InChI is InChI=1S/C14H26N2O2/c1-3-18-12-9-11(16-13(17)10-15-2)14(12)7-5-4-6-8-14/h11-12,15H,3-10H2,1-2H3,(H,16,17). The third-order valence-electron chi connectivity index (χ3n) is 4.61. The number of hydrogen-bond acceptors (Lipinski definition) is 3. The van der Waals surface area contributed by atoms with Gasteiger partial charge in [0.25, 0.3) is 0 Å². The van der Waals surface area contributed by atoms with E-state index in [-0.39, 0.29) is 11.3 Å². The number of amides is 1. The van der Waals surface area contributed by atoms with Gasteiger partial charge >= 0.3 is 0 Å². The van der Waals surface area contributed by atoms with Crippen LogP contribution in [-0.4, -0.2) is 38.3 Å². The molecule has 2 N–H and O–H groups in total. The quantitative estimate of drug-likeness (QED) is 0.781. The maximum Gasteiger partial charge on any atom is 0.234 e. The first-order valence-corrected chi connectivity index (χ1v) is 7.28. The summed E-state index contributed by atoms with van der Waals surface area (Å²) in [6, 6.07) is 0.329. The van der Waals surface area contributed by atoms with Gasteiger partial charge in [-0.05, 0) is 33.2 Å². The number of likely N-dealkylation sites (N-methyl/N-ethyl adjacent to an activating group) is 1. The summed E-state index contributed by atoms with van der Waals surface area (Å²) in [5.74, 6) is 0.113. The topological polar surface area (TPSA) is 50.4 Å². The second kappa shape index (κ2) is 6.02. The Bertz CT molecular complexity index is 288. The zero-order valence-corrected chi connectivity index (χ0v) is 11.6. The first kappa shape index (κ1) is 13.8. The van der Waals surface area contributed by atoms with Crippen molar-refractivity contribution in [2.45, 2.75) is 57.6 Å². The van der Waals surface area contributed by atoms with E-state index in [2.05, 4.69) is 17.6 Å². The molecule has 2 aliphatic carbocycles. The maximum absolute atomic E-state index is 11.7. The Kier molecular flexibility index (Phi) is 4.62. The number of ether oxygens (including phenoxy) is 1. The van der Waals surface area contributed by atoms with Crippen LogP contribution in [0.1, 0.15) is 45.4 Å². The fourth-order valence-corrected chi connectivity index (χ4v) is 3.67. The van der Waals surface area contributed by atoms with E-state index in [0.717, 1.165) is 13.0 Å². The molecule has 0 radical (unpaired) electrons. The van der Waals surface area contributed by atoms with E-state index in [1.807, 2.05) is 0 Å². The largest absolute Gasteiger partial charge is 0.378 e. The lowest BCUT2D eigenvalue weighted by atomic mass is 9.55. The summed E-state index contributed by atoms with van der Waals surface area (Å²) in [4.78, 5) is 11.7. The van der Waals surface area contributed by atoms with Crippen LogP contribution in [0.25, 0.3) is 0 Å². The molecule has 18 heavy (non-hydrogen) atoms. The number of nitrogens with one attached hydrogen (secondary N) is 2. The van der Waals surface area contributed by atoms with E-state index in [1.54, 1.807) is 7.05 Å². The average molecular weight is 254 g/mol. The second-order valence-electron chi connectivity index (χ2n) is 5.62. The van der Waals surface area contributed by atoms with Gasteiger partial charge < -0.3 is 15.4 Å². The van der Waals surface area contributed by atoms with E-state index in [4.69, 9.17) is 4.74 Å². The Morgan fingerprint density at radius 1 is 1.33 bits per heavy atom. The summed E-state index contributed by atoms with van der Waals surface area (Å²) in [5.41, 5.74) is 0.234. The summed E-state index contributed by atoms with van der Waals surface area (Å²) in [7, 11) is 1.81. The van der Waals surface area contributed by atoms with Crippen molar-refractivity contribution in [2.24, 2.45) is 5.41 Å². The van der Waals surface area contributed by atoms with Gasteiger partial charge in [0.2, 0.25) is 5.91 Å². The highest BCUT2D eigenvalue weighted by atomic mass is 16.5. The van der Waals surface area contributed by atoms with Gasteiger partial charge in [-0.25, -0.2) is 0 Å². The van der Waals surface area contributed by atoms with Gasteiger partial charge in [0, 0.05) is 18.1 Å². The lowest BCUT2D eigenvalue weighted by molar-refractivity contribution is -0.156. The number of rotatable bonds is 5. The van der Waals surface area contributed by atoms with Crippen LogP contribution < -0.4 is 10.6 Å². The Balaban J connectivity index is 1.96. The van der Waals surface area contributed by atoms with E-state index >= 15 is 0 Å². The molecule has 2 unspecified atom stereocenters. The van der Waals surface area contributed by atoms with Gasteiger partial charge in [-0.2, -0.15) is 0 Å². The van der Waals surface area contributed by atoms with Crippen LogP contribution in [0.15, 0.2) is 0 Å². The lowest BCUT2D eigenvalue weighted by Gasteiger charge is -2.57. The summed E-state index contributed by atoms with van der Waals surface area (Å²) < 4.78 is 5.88. The molecule has 1 spiro atoms. The van der Waals surface area contributed by atoms with Crippen LogP contribution in [-0.2, 0) is 9.53 Å². The highest BCUT2D eigenvalue weighted by Gasteiger charge is 2.55. The molecular formula is C14H26N2O2. The van der Waals surface area contributed by atoms with E-state index in [0.29, 0.717) is 18.7 Å². The van der Waals surface area contributed by atoms with Crippen LogP contribution in [0.3, 0.4) is 0 Å². The molecule has 0 aromatic carbocycles. The van der Waals surface area contributed by atoms with Gasteiger partial charge in [0.1, 0.15) is 0 Å². The highest BCUT2D eigenvalue weighted by molar-refractivity contribution is 5.78. The first-order chi connectivity index (χ1) is 8.73. The molecule has 2 saturated carbocycles. The minimum atomic E-state index is 0.113. The lowest BCUT2D eigenvalue weighted by Crippen LogP contribution is -2.65. The molecule has 0 aromatic rings. The summed E-state index contributed by atoms with van der Waals surface area (Å²) >= 11 is 0. The van der Waals surface area contributed by atoms with Gasteiger partial charge in [-0.15, -0.1) is 0 Å². The number of carbonyl (C=O) groups is 1. The Labute approximate surface area is 110 Å². The van der Waals surface area contributed by atoms with Crippen molar-refractivity contribution >= 4 is 5.91 Å². The zero-order valence-electron chi connectivity index (χ0n) is 11.6.